The molecule has 160 valence electrons. The number of anilines is 1. The Balaban J connectivity index is 1.80. The summed E-state index contributed by atoms with van der Waals surface area (Å²) in [6, 6.07) is 17.6. The van der Waals surface area contributed by atoms with E-state index in [-0.39, 0.29) is 24.2 Å². The van der Waals surface area contributed by atoms with Crippen LogP contribution in [0.4, 0.5) is 18.9 Å². The summed E-state index contributed by atoms with van der Waals surface area (Å²) in [5.74, 6) is -1.05. The van der Waals surface area contributed by atoms with Crippen molar-refractivity contribution in [3.8, 4) is 0 Å². The molecule has 3 nitrogen and oxygen atoms in total. The molecule has 0 aliphatic heterocycles. The second-order valence-corrected chi connectivity index (χ2v) is 7.58. The van der Waals surface area contributed by atoms with Gasteiger partial charge in [0.05, 0.1) is 11.1 Å². The van der Waals surface area contributed by atoms with Gasteiger partial charge >= 0.3 is 6.18 Å². The quantitative estimate of drug-likeness (QED) is 0.532. The van der Waals surface area contributed by atoms with Crippen molar-refractivity contribution < 1.29 is 22.8 Å². The highest BCUT2D eigenvalue weighted by atomic mass is 19.4. The van der Waals surface area contributed by atoms with Gasteiger partial charge in [-0.15, -0.1) is 0 Å². The van der Waals surface area contributed by atoms with E-state index in [1.54, 1.807) is 24.3 Å². The maximum atomic E-state index is 13.6. The number of benzene rings is 3. The van der Waals surface area contributed by atoms with Gasteiger partial charge in [-0.3, -0.25) is 9.59 Å². The number of hydrogen-bond donors (Lipinski definition) is 1. The number of halogens is 3. The number of aryl methyl sites for hydroxylation is 2. The van der Waals surface area contributed by atoms with E-state index < -0.39 is 23.2 Å². The second kappa shape index (κ2) is 9.16. The third-order valence-electron chi connectivity index (χ3n) is 4.83. The summed E-state index contributed by atoms with van der Waals surface area (Å²) in [5, 5.41) is 2.49. The van der Waals surface area contributed by atoms with Crippen molar-refractivity contribution in [2.75, 3.05) is 5.32 Å². The third-order valence-corrected chi connectivity index (χ3v) is 4.83. The summed E-state index contributed by atoms with van der Waals surface area (Å²) in [6.07, 6.45) is -4.73. The Hall–Kier alpha value is -3.41. The molecule has 0 saturated carbocycles. The van der Waals surface area contributed by atoms with Gasteiger partial charge in [-0.05, 0) is 49.2 Å². The number of nitrogens with one attached hydrogen (secondary N) is 1. The van der Waals surface area contributed by atoms with Gasteiger partial charge in [0.1, 0.15) is 5.78 Å². The summed E-state index contributed by atoms with van der Waals surface area (Å²) < 4.78 is 40.9. The Labute approximate surface area is 178 Å². The summed E-state index contributed by atoms with van der Waals surface area (Å²) in [7, 11) is 0. The minimum Gasteiger partial charge on any atom is -0.322 e. The first-order chi connectivity index (χ1) is 14.6. The van der Waals surface area contributed by atoms with Crippen LogP contribution in [0.3, 0.4) is 0 Å². The lowest BCUT2D eigenvalue weighted by Gasteiger charge is -2.15. The van der Waals surface area contributed by atoms with Gasteiger partial charge in [0, 0.05) is 18.5 Å². The molecule has 0 radical (unpaired) electrons. The standard InChI is InChI=1S/C25H22F3NO2/c1-16-6-9-20(10-7-16)29-24(31)22-11-8-19(15-23(22)25(26,27)28)14-21(30)13-18-5-3-4-17(2)12-18/h3-12,15H,13-14H2,1-2H3,(H,29,31). The largest absolute Gasteiger partial charge is 0.417 e. The van der Waals surface area contributed by atoms with Crippen molar-refractivity contribution in [1.29, 1.82) is 0 Å². The molecule has 0 aliphatic rings. The molecule has 3 aromatic carbocycles. The normalized spacial score (nSPS) is 11.3. The zero-order valence-electron chi connectivity index (χ0n) is 17.2. The lowest BCUT2D eigenvalue weighted by molar-refractivity contribution is -0.138. The van der Waals surface area contributed by atoms with E-state index in [0.717, 1.165) is 28.8 Å². The maximum Gasteiger partial charge on any atom is 0.417 e. The molecule has 0 atom stereocenters. The van der Waals surface area contributed by atoms with E-state index in [9.17, 15) is 22.8 Å². The molecule has 0 aromatic heterocycles. The fourth-order valence-corrected chi connectivity index (χ4v) is 3.31. The van der Waals surface area contributed by atoms with Gasteiger partial charge in [0.15, 0.2) is 0 Å². The predicted molar refractivity (Wildman–Crippen MR) is 114 cm³/mol. The predicted octanol–water partition coefficient (Wildman–Crippen LogP) is 5.93. The first kappa shape index (κ1) is 22.3. The smallest absolute Gasteiger partial charge is 0.322 e. The molecule has 3 aromatic rings. The lowest BCUT2D eigenvalue weighted by atomic mass is 9.97. The summed E-state index contributed by atoms with van der Waals surface area (Å²) in [6.45, 7) is 3.77. The lowest BCUT2D eigenvalue weighted by Crippen LogP contribution is -2.19. The summed E-state index contributed by atoms with van der Waals surface area (Å²) in [4.78, 5) is 24.9. The Morgan fingerprint density at radius 3 is 2.06 bits per heavy atom. The number of rotatable bonds is 6. The van der Waals surface area contributed by atoms with Crippen molar-refractivity contribution in [3.63, 3.8) is 0 Å². The number of carbonyl (C=O) groups is 2. The zero-order valence-corrected chi connectivity index (χ0v) is 17.2. The minimum atomic E-state index is -4.73. The average Bonchev–Trinajstić information content (AvgIpc) is 2.69. The van der Waals surface area contributed by atoms with E-state index in [4.69, 9.17) is 0 Å². The van der Waals surface area contributed by atoms with Gasteiger partial charge in [-0.25, -0.2) is 0 Å². The summed E-state index contributed by atoms with van der Waals surface area (Å²) in [5.41, 5.74) is 1.87. The van der Waals surface area contributed by atoms with Crippen LogP contribution in [0.15, 0.2) is 66.7 Å². The molecule has 0 spiro atoms. The molecule has 31 heavy (non-hydrogen) atoms. The Kier molecular flexibility index (Phi) is 6.59. The molecular weight excluding hydrogens is 403 g/mol. The molecule has 0 heterocycles. The first-order valence-corrected chi connectivity index (χ1v) is 9.77. The van der Waals surface area contributed by atoms with Gasteiger partial charge < -0.3 is 5.32 Å². The number of alkyl halides is 3. The van der Waals surface area contributed by atoms with Crippen LogP contribution >= 0.6 is 0 Å². The number of Topliss-reactive ketones (excluding diaryl/α,β-unsaturated/α-hetero) is 1. The summed E-state index contributed by atoms with van der Waals surface area (Å²) >= 11 is 0. The molecule has 0 aliphatic carbocycles. The molecule has 0 unspecified atom stereocenters. The average molecular weight is 425 g/mol. The van der Waals surface area contributed by atoms with Crippen LogP contribution in [-0.4, -0.2) is 11.7 Å². The first-order valence-electron chi connectivity index (χ1n) is 9.77. The van der Waals surface area contributed by atoms with E-state index in [2.05, 4.69) is 5.32 Å². The molecule has 0 bridgehead atoms. The van der Waals surface area contributed by atoms with Crippen LogP contribution in [0.5, 0.6) is 0 Å². The molecule has 1 N–H and O–H groups in total. The number of amides is 1. The minimum absolute atomic E-state index is 0.138. The number of hydrogen-bond acceptors (Lipinski definition) is 2. The van der Waals surface area contributed by atoms with E-state index in [1.807, 2.05) is 38.1 Å². The zero-order chi connectivity index (χ0) is 22.6. The van der Waals surface area contributed by atoms with Crippen molar-refractivity contribution in [2.24, 2.45) is 0 Å². The molecule has 0 fully saturated rings. The van der Waals surface area contributed by atoms with Gasteiger partial charge in [-0.2, -0.15) is 13.2 Å². The third kappa shape index (κ3) is 6.04. The van der Waals surface area contributed by atoms with E-state index in [1.165, 1.54) is 6.07 Å². The monoisotopic (exact) mass is 425 g/mol. The number of ketones is 1. The van der Waals surface area contributed by atoms with Gasteiger partial charge in [0.2, 0.25) is 0 Å². The van der Waals surface area contributed by atoms with Crippen molar-refractivity contribution in [3.05, 3.63) is 100 Å². The number of carbonyl (C=O) groups excluding carboxylic acids is 2. The highest BCUT2D eigenvalue weighted by Gasteiger charge is 2.35. The SMILES string of the molecule is Cc1ccc(NC(=O)c2ccc(CC(=O)Cc3cccc(C)c3)cc2C(F)(F)F)cc1. The molecular formula is C25H22F3NO2. The van der Waals surface area contributed by atoms with Crippen LogP contribution in [0, 0.1) is 13.8 Å². The topological polar surface area (TPSA) is 46.2 Å². The van der Waals surface area contributed by atoms with E-state index in [0.29, 0.717) is 5.69 Å². The Morgan fingerprint density at radius 1 is 0.806 bits per heavy atom. The molecule has 0 saturated heterocycles. The van der Waals surface area contributed by atoms with Gasteiger partial charge in [-0.1, -0.05) is 53.6 Å². The molecule has 1 amide bonds. The van der Waals surface area contributed by atoms with Crippen molar-refractivity contribution in [1.82, 2.24) is 0 Å². The van der Waals surface area contributed by atoms with Crippen LogP contribution in [-0.2, 0) is 23.8 Å². The maximum absolute atomic E-state index is 13.6. The van der Waals surface area contributed by atoms with Crippen LogP contribution in [0.1, 0.15) is 38.2 Å². The highest BCUT2D eigenvalue weighted by Crippen LogP contribution is 2.33. The van der Waals surface area contributed by atoms with E-state index >= 15 is 0 Å². The van der Waals surface area contributed by atoms with Gasteiger partial charge in [0.25, 0.3) is 5.91 Å². The fourth-order valence-electron chi connectivity index (χ4n) is 3.31. The van der Waals surface area contributed by atoms with Crippen LogP contribution in [0.2, 0.25) is 0 Å². The molecule has 3 rings (SSSR count). The Bertz CT molecular complexity index is 1100. The van der Waals surface area contributed by atoms with Crippen LogP contribution in [0.25, 0.3) is 0 Å². The fraction of sp³-hybridized carbons (Fsp3) is 0.200. The molecule has 6 heteroatoms. The van der Waals surface area contributed by atoms with Crippen molar-refractivity contribution in [2.45, 2.75) is 32.9 Å². The second-order valence-electron chi connectivity index (χ2n) is 7.58. The van der Waals surface area contributed by atoms with Crippen molar-refractivity contribution >= 4 is 17.4 Å². The van der Waals surface area contributed by atoms with Crippen LogP contribution < -0.4 is 5.32 Å². The highest BCUT2D eigenvalue weighted by molar-refractivity contribution is 6.05. The Morgan fingerprint density at radius 2 is 1.45 bits per heavy atom.